The van der Waals surface area contributed by atoms with Crippen LogP contribution in [0, 0.1) is 17.8 Å². The largest absolute Gasteiger partial charge is 0.330 e. The normalized spacial score (nSPS) is 28.7. The lowest BCUT2D eigenvalue weighted by Crippen LogP contribution is -2.26. The predicted octanol–water partition coefficient (Wildman–Crippen LogP) is 2.76. The Kier molecular flexibility index (Phi) is 5.30. The van der Waals surface area contributed by atoms with Crippen LogP contribution in [0.3, 0.4) is 0 Å². The summed E-state index contributed by atoms with van der Waals surface area (Å²) < 4.78 is 0. The minimum absolute atomic E-state index is 0.342. The maximum absolute atomic E-state index is 12.0. The van der Waals surface area contributed by atoms with Crippen LogP contribution in [-0.4, -0.2) is 12.3 Å². The number of ketones is 1. The van der Waals surface area contributed by atoms with E-state index in [0.29, 0.717) is 30.6 Å². The monoisotopic (exact) mass is 211 g/mol. The number of rotatable bonds is 5. The topological polar surface area (TPSA) is 43.1 Å². The maximum Gasteiger partial charge on any atom is 0.136 e. The highest BCUT2D eigenvalue weighted by atomic mass is 16.1. The van der Waals surface area contributed by atoms with Crippen molar-refractivity contribution in [2.24, 2.45) is 23.5 Å². The molecule has 0 aromatic rings. The van der Waals surface area contributed by atoms with Crippen LogP contribution in [-0.2, 0) is 4.79 Å². The number of carbonyl (C=O) groups is 1. The third kappa shape index (κ3) is 3.94. The first-order valence-electron chi connectivity index (χ1n) is 6.40. The highest BCUT2D eigenvalue weighted by molar-refractivity contribution is 5.81. The van der Waals surface area contributed by atoms with E-state index in [1.807, 2.05) is 0 Å². The minimum atomic E-state index is 0.342. The van der Waals surface area contributed by atoms with Gasteiger partial charge in [-0.15, -0.1) is 0 Å². The second-order valence-electron chi connectivity index (χ2n) is 5.15. The van der Waals surface area contributed by atoms with Crippen molar-refractivity contribution in [1.29, 1.82) is 0 Å². The van der Waals surface area contributed by atoms with Gasteiger partial charge in [-0.25, -0.2) is 0 Å². The molecule has 0 amide bonds. The Balaban J connectivity index is 2.38. The average Bonchev–Trinajstić information content (AvgIpc) is 2.25. The fourth-order valence-electron chi connectivity index (χ4n) is 2.57. The number of hydrogen-bond donors (Lipinski definition) is 1. The summed E-state index contributed by atoms with van der Waals surface area (Å²) in [5, 5.41) is 0. The third-order valence-electron chi connectivity index (χ3n) is 3.79. The van der Waals surface area contributed by atoms with Crippen LogP contribution in [0.5, 0.6) is 0 Å². The molecule has 0 aliphatic heterocycles. The van der Waals surface area contributed by atoms with Crippen molar-refractivity contribution in [2.45, 2.75) is 52.4 Å². The van der Waals surface area contributed by atoms with Gasteiger partial charge in [0.1, 0.15) is 5.78 Å². The smallest absolute Gasteiger partial charge is 0.136 e. The van der Waals surface area contributed by atoms with Gasteiger partial charge in [0.05, 0.1) is 0 Å². The average molecular weight is 211 g/mol. The summed E-state index contributed by atoms with van der Waals surface area (Å²) in [4.78, 5) is 12.0. The number of hydrogen-bond acceptors (Lipinski definition) is 2. The first kappa shape index (κ1) is 12.7. The minimum Gasteiger partial charge on any atom is -0.330 e. The Morgan fingerprint density at radius 2 is 2.20 bits per heavy atom. The molecule has 88 valence electrons. The van der Waals surface area contributed by atoms with E-state index >= 15 is 0 Å². The van der Waals surface area contributed by atoms with Gasteiger partial charge in [0.2, 0.25) is 0 Å². The van der Waals surface area contributed by atoms with Crippen molar-refractivity contribution in [2.75, 3.05) is 6.54 Å². The molecule has 0 spiro atoms. The lowest BCUT2D eigenvalue weighted by Gasteiger charge is -2.26. The lowest BCUT2D eigenvalue weighted by molar-refractivity contribution is -0.125. The zero-order valence-corrected chi connectivity index (χ0v) is 10.2. The molecular weight excluding hydrogens is 186 g/mol. The molecule has 1 fully saturated rings. The van der Waals surface area contributed by atoms with E-state index in [4.69, 9.17) is 5.73 Å². The summed E-state index contributed by atoms with van der Waals surface area (Å²) in [5.74, 6) is 1.97. The molecule has 3 unspecified atom stereocenters. The lowest BCUT2D eigenvalue weighted by atomic mass is 9.78. The molecule has 0 aromatic heterocycles. The summed E-state index contributed by atoms with van der Waals surface area (Å²) in [6.45, 7) is 5.04. The Morgan fingerprint density at radius 3 is 2.73 bits per heavy atom. The molecule has 2 heteroatoms. The second kappa shape index (κ2) is 6.26. The van der Waals surface area contributed by atoms with Gasteiger partial charge in [-0.1, -0.05) is 33.1 Å². The summed E-state index contributed by atoms with van der Waals surface area (Å²) in [5.41, 5.74) is 5.64. The van der Waals surface area contributed by atoms with Gasteiger partial charge < -0.3 is 5.73 Å². The summed E-state index contributed by atoms with van der Waals surface area (Å²) in [6, 6.07) is 0. The molecule has 1 aliphatic rings. The van der Waals surface area contributed by atoms with Crippen molar-refractivity contribution in [3.8, 4) is 0 Å². The number of carbonyl (C=O) groups excluding carboxylic acids is 1. The van der Waals surface area contributed by atoms with Crippen LogP contribution in [0.15, 0.2) is 0 Å². The molecule has 0 bridgehead atoms. The van der Waals surface area contributed by atoms with Crippen LogP contribution in [0.4, 0.5) is 0 Å². The van der Waals surface area contributed by atoms with Gasteiger partial charge in [0.15, 0.2) is 0 Å². The summed E-state index contributed by atoms with van der Waals surface area (Å²) >= 11 is 0. The SMILES string of the molecule is CCC(CN)CC(=O)C1CCCC(C)C1. The van der Waals surface area contributed by atoms with Gasteiger partial charge in [-0.05, 0) is 31.2 Å². The second-order valence-corrected chi connectivity index (χ2v) is 5.15. The molecule has 1 aliphatic carbocycles. The van der Waals surface area contributed by atoms with E-state index in [1.165, 1.54) is 12.8 Å². The molecule has 0 heterocycles. The highest BCUT2D eigenvalue weighted by Crippen LogP contribution is 2.30. The zero-order chi connectivity index (χ0) is 11.3. The van der Waals surface area contributed by atoms with E-state index in [0.717, 1.165) is 25.2 Å². The molecule has 1 rings (SSSR count). The zero-order valence-electron chi connectivity index (χ0n) is 10.2. The van der Waals surface area contributed by atoms with E-state index < -0.39 is 0 Å². The van der Waals surface area contributed by atoms with Gasteiger partial charge in [-0.2, -0.15) is 0 Å². The molecule has 2 nitrogen and oxygen atoms in total. The van der Waals surface area contributed by atoms with E-state index in [1.54, 1.807) is 0 Å². The highest BCUT2D eigenvalue weighted by Gasteiger charge is 2.25. The van der Waals surface area contributed by atoms with Crippen LogP contribution in [0.1, 0.15) is 52.4 Å². The number of Topliss-reactive ketones (excluding diaryl/α,β-unsaturated/α-hetero) is 1. The van der Waals surface area contributed by atoms with Crippen LogP contribution >= 0.6 is 0 Å². The molecule has 0 radical (unpaired) electrons. The van der Waals surface area contributed by atoms with E-state index in [9.17, 15) is 4.79 Å². The Bertz CT molecular complexity index is 199. The standard InChI is InChI=1S/C13H25NO/c1-3-11(9-14)8-13(15)12-6-4-5-10(2)7-12/h10-12H,3-9,14H2,1-2H3. The maximum atomic E-state index is 12.0. The molecule has 2 N–H and O–H groups in total. The fraction of sp³-hybridized carbons (Fsp3) is 0.923. The molecule has 3 atom stereocenters. The Morgan fingerprint density at radius 1 is 1.47 bits per heavy atom. The van der Waals surface area contributed by atoms with Gasteiger partial charge in [-0.3, -0.25) is 4.79 Å². The summed E-state index contributed by atoms with van der Waals surface area (Å²) in [6.07, 6.45) is 6.51. The first-order chi connectivity index (χ1) is 7.17. The Labute approximate surface area is 93.6 Å². The molecule has 0 aromatic carbocycles. The molecule has 15 heavy (non-hydrogen) atoms. The van der Waals surface area contributed by atoms with Gasteiger partial charge in [0.25, 0.3) is 0 Å². The number of nitrogens with two attached hydrogens (primary N) is 1. The van der Waals surface area contributed by atoms with E-state index in [-0.39, 0.29) is 0 Å². The quantitative estimate of drug-likeness (QED) is 0.760. The van der Waals surface area contributed by atoms with Crippen LogP contribution < -0.4 is 5.73 Å². The fourth-order valence-corrected chi connectivity index (χ4v) is 2.57. The predicted molar refractivity (Wildman–Crippen MR) is 63.6 cm³/mol. The van der Waals surface area contributed by atoms with Gasteiger partial charge in [0, 0.05) is 12.3 Å². The molecule has 0 saturated heterocycles. The van der Waals surface area contributed by atoms with Crippen LogP contribution in [0.2, 0.25) is 0 Å². The Hall–Kier alpha value is -0.370. The summed E-state index contributed by atoms with van der Waals surface area (Å²) in [7, 11) is 0. The van der Waals surface area contributed by atoms with Crippen molar-refractivity contribution >= 4 is 5.78 Å². The van der Waals surface area contributed by atoms with Crippen molar-refractivity contribution in [1.82, 2.24) is 0 Å². The van der Waals surface area contributed by atoms with Crippen molar-refractivity contribution in [3.63, 3.8) is 0 Å². The van der Waals surface area contributed by atoms with Gasteiger partial charge >= 0.3 is 0 Å². The molecular formula is C13H25NO. The van der Waals surface area contributed by atoms with Crippen molar-refractivity contribution < 1.29 is 4.79 Å². The molecule has 1 saturated carbocycles. The first-order valence-corrected chi connectivity index (χ1v) is 6.40. The van der Waals surface area contributed by atoms with Crippen LogP contribution in [0.25, 0.3) is 0 Å². The van der Waals surface area contributed by atoms with E-state index in [2.05, 4.69) is 13.8 Å². The third-order valence-corrected chi connectivity index (χ3v) is 3.79. The van der Waals surface area contributed by atoms with Crippen molar-refractivity contribution in [3.05, 3.63) is 0 Å².